The lowest BCUT2D eigenvalue weighted by atomic mass is 9.97. The van der Waals surface area contributed by atoms with Crippen LogP contribution in [-0.4, -0.2) is 15.6 Å². The second kappa shape index (κ2) is 6.46. The molecule has 0 fully saturated rings. The summed E-state index contributed by atoms with van der Waals surface area (Å²) in [6.07, 6.45) is 0. The minimum absolute atomic E-state index is 0.111. The molecule has 1 aromatic heterocycles. The fourth-order valence-electron chi connectivity index (χ4n) is 2.98. The van der Waals surface area contributed by atoms with Crippen LogP contribution in [0, 0.1) is 18.3 Å². The highest BCUT2D eigenvalue weighted by Gasteiger charge is 2.24. The molecule has 25 heavy (non-hydrogen) atoms. The van der Waals surface area contributed by atoms with E-state index in [9.17, 15) is 15.2 Å². The smallest absolute Gasteiger partial charge is 0.353 e. The average Bonchev–Trinajstić information content (AvgIpc) is 2.86. The first-order valence-corrected chi connectivity index (χ1v) is 8.01. The fraction of sp³-hybridized carbons (Fsp3) is 0.100. The van der Waals surface area contributed by atoms with Crippen molar-refractivity contribution >= 4 is 17.6 Å². The quantitative estimate of drug-likeness (QED) is 0.731. The molecule has 0 atom stereocenters. The van der Waals surface area contributed by atoms with Crippen LogP contribution in [0.3, 0.4) is 0 Å². The summed E-state index contributed by atoms with van der Waals surface area (Å²) in [5.74, 6) is -1.06. The third kappa shape index (κ3) is 2.79. The Balaban J connectivity index is 2.16. The Morgan fingerprint density at radius 3 is 2.28 bits per heavy atom. The van der Waals surface area contributed by atoms with E-state index in [4.69, 9.17) is 11.6 Å². The van der Waals surface area contributed by atoms with Crippen LogP contribution in [0.25, 0.3) is 22.3 Å². The number of carboxylic acid groups (broad SMARTS) is 1. The molecule has 2 aromatic carbocycles. The van der Waals surface area contributed by atoms with Gasteiger partial charge in [-0.3, -0.25) is 0 Å². The molecule has 1 heterocycles. The number of carbonyl (C=O) groups is 1. The van der Waals surface area contributed by atoms with Gasteiger partial charge in [-0.05, 0) is 24.1 Å². The Hall–Kier alpha value is -3.03. The van der Waals surface area contributed by atoms with Crippen molar-refractivity contribution in [2.45, 2.75) is 6.92 Å². The SMILES string of the molecule is Cc1c(C#N)c(-c2ccc(-c3ccccc3Cl)cc2)c(C(=O)O)n1C. The van der Waals surface area contributed by atoms with Crippen molar-refractivity contribution < 1.29 is 9.90 Å². The molecule has 0 amide bonds. The lowest BCUT2D eigenvalue weighted by molar-refractivity contribution is 0.0687. The van der Waals surface area contributed by atoms with Crippen LogP contribution in [0.15, 0.2) is 48.5 Å². The molecule has 124 valence electrons. The van der Waals surface area contributed by atoms with Crippen molar-refractivity contribution in [2.24, 2.45) is 7.05 Å². The van der Waals surface area contributed by atoms with Gasteiger partial charge < -0.3 is 9.67 Å². The second-order valence-electron chi connectivity index (χ2n) is 5.72. The van der Waals surface area contributed by atoms with E-state index in [1.54, 1.807) is 14.0 Å². The topological polar surface area (TPSA) is 66.0 Å². The molecule has 3 rings (SSSR count). The number of rotatable bonds is 3. The first kappa shape index (κ1) is 16.8. The van der Waals surface area contributed by atoms with Gasteiger partial charge in [0.2, 0.25) is 0 Å². The molecule has 0 unspecified atom stereocenters. The second-order valence-corrected chi connectivity index (χ2v) is 6.12. The van der Waals surface area contributed by atoms with Gasteiger partial charge in [0, 0.05) is 28.9 Å². The Bertz CT molecular complexity index is 1010. The summed E-state index contributed by atoms with van der Waals surface area (Å²) in [5.41, 5.74) is 4.08. The Kier molecular flexibility index (Phi) is 4.35. The molecular weight excluding hydrogens is 336 g/mol. The maximum absolute atomic E-state index is 11.7. The van der Waals surface area contributed by atoms with E-state index >= 15 is 0 Å². The van der Waals surface area contributed by atoms with Crippen LogP contribution in [0.2, 0.25) is 5.02 Å². The zero-order valence-electron chi connectivity index (χ0n) is 13.7. The minimum Gasteiger partial charge on any atom is -0.477 e. The number of nitriles is 1. The number of aromatic carboxylic acids is 1. The maximum Gasteiger partial charge on any atom is 0.353 e. The molecule has 0 aliphatic carbocycles. The van der Waals surface area contributed by atoms with Crippen LogP contribution in [0.5, 0.6) is 0 Å². The lowest BCUT2D eigenvalue weighted by Crippen LogP contribution is -2.06. The van der Waals surface area contributed by atoms with Gasteiger partial charge in [-0.2, -0.15) is 5.26 Å². The molecule has 0 aliphatic rings. The highest BCUT2D eigenvalue weighted by Crippen LogP contribution is 2.34. The van der Waals surface area contributed by atoms with Crippen LogP contribution >= 0.6 is 11.6 Å². The van der Waals surface area contributed by atoms with E-state index in [0.29, 0.717) is 27.4 Å². The monoisotopic (exact) mass is 350 g/mol. The van der Waals surface area contributed by atoms with Crippen LogP contribution in [-0.2, 0) is 7.05 Å². The largest absolute Gasteiger partial charge is 0.477 e. The highest BCUT2D eigenvalue weighted by molar-refractivity contribution is 6.33. The molecule has 0 saturated carbocycles. The van der Waals surface area contributed by atoms with E-state index in [1.165, 1.54) is 4.57 Å². The lowest BCUT2D eigenvalue weighted by Gasteiger charge is -2.07. The van der Waals surface area contributed by atoms with Crippen molar-refractivity contribution in [1.82, 2.24) is 4.57 Å². The summed E-state index contributed by atoms with van der Waals surface area (Å²) < 4.78 is 1.54. The van der Waals surface area contributed by atoms with Crippen molar-refractivity contribution in [2.75, 3.05) is 0 Å². The zero-order valence-corrected chi connectivity index (χ0v) is 14.5. The Labute approximate surface area is 150 Å². The average molecular weight is 351 g/mol. The third-order valence-corrected chi connectivity index (χ3v) is 4.69. The zero-order chi connectivity index (χ0) is 18.1. The van der Waals surface area contributed by atoms with Crippen molar-refractivity contribution in [3.05, 3.63) is 70.5 Å². The van der Waals surface area contributed by atoms with E-state index < -0.39 is 5.97 Å². The summed E-state index contributed by atoms with van der Waals surface area (Å²) in [6.45, 7) is 1.74. The molecule has 1 N–H and O–H groups in total. The predicted molar refractivity (Wildman–Crippen MR) is 97.7 cm³/mol. The normalized spacial score (nSPS) is 10.5. The summed E-state index contributed by atoms with van der Waals surface area (Å²) in [7, 11) is 1.65. The van der Waals surface area contributed by atoms with E-state index in [0.717, 1.165) is 11.1 Å². The van der Waals surface area contributed by atoms with Crippen molar-refractivity contribution in [3.8, 4) is 28.3 Å². The van der Waals surface area contributed by atoms with E-state index in [2.05, 4.69) is 6.07 Å². The Morgan fingerprint density at radius 2 is 1.72 bits per heavy atom. The predicted octanol–water partition coefficient (Wildman–Crippen LogP) is 4.89. The molecule has 0 saturated heterocycles. The molecular formula is C20H15ClN2O2. The molecule has 0 spiro atoms. The van der Waals surface area contributed by atoms with Crippen LogP contribution in [0.1, 0.15) is 21.7 Å². The van der Waals surface area contributed by atoms with Gasteiger partial charge >= 0.3 is 5.97 Å². The summed E-state index contributed by atoms with van der Waals surface area (Å²) >= 11 is 6.23. The van der Waals surface area contributed by atoms with Gasteiger partial charge in [-0.25, -0.2) is 4.79 Å². The van der Waals surface area contributed by atoms with Gasteiger partial charge in [-0.1, -0.05) is 54.1 Å². The number of carboxylic acids is 1. The van der Waals surface area contributed by atoms with Crippen molar-refractivity contribution in [3.63, 3.8) is 0 Å². The Morgan fingerprint density at radius 1 is 1.12 bits per heavy atom. The third-order valence-electron chi connectivity index (χ3n) is 4.36. The first-order chi connectivity index (χ1) is 12.0. The number of aromatic nitrogens is 1. The van der Waals surface area contributed by atoms with Gasteiger partial charge in [0.05, 0.1) is 5.56 Å². The fourth-order valence-corrected chi connectivity index (χ4v) is 3.23. The first-order valence-electron chi connectivity index (χ1n) is 7.63. The molecule has 3 aromatic rings. The standard InChI is InChI=1S/C20H15ClN2O2/c1-12-16(11-22)18(19(20(24)25)23(12)2)14-9-7-13(8-10-14)15-5-3-4-6-17(15)21/h3-10H,1-2H3,(H,24,25). The van der Waals surface area contributed by atoms with Crippen molar-refractivity contribution in [1.29, 1.82) is 5.26 Å². The molecule has 0 radical (unpaired) electrons. The van der Waals surface area contributed by atoms with E-state index in [1.807, 2.05) is 48.5 Å². The molecule has 0 bridgehead atoms. The highest BCUT2D eigenvalue weighted by atomic mass is 35.5. The van der Waals surface area contributed by atoms with Crippen LogP contribution in [0.4, 0.5) is 0 Å². The number of hydrogen-bond acceptors (Lipinski definition) is 2. The number of benzene rings is 2. The van der Waals surface area contributed by atoms with Gasteiger partial charge in [-0.15, -0.1) is 0 Å². The number of hydrogen-bond donors (Lipinski definition) is 1. The van der Waals surface area contributed by atoms with Crippen LogP contribution < -0.4 is 0 Å². The van der Waals surface area contributed by atoms with Gasteiger partial charge in [0.15, 0.2) is 0 Å². The summed E-state index contributed by atoms with van der Waals surface area (Å²) in [6, 6.07) is 17.1. The number of nitrogens with zero attached hydrogens (tertiary/aromatic N) is 2. The van der Waals surface area contributed by atoms with Gasteiger partial charge in [0.1, 0.15) is 11.8 Å². The number of halogens is 1. The molecule has 4 nitrogen and oxygen atoms in total. The summed E-state index contributed by atoms with van der Waals surface area (Å²) in [5, 5.41) is 19.7. The van der Waals surface area contributed by atoms with Gasteiger partial charge in [0.25, 0.3) is 0 Å². The maximum atomic E-state index is 11.7. The van der Waals surface area contributed by atoms with E-state index in [-0.39, 0.29) is 5.69 Å². The minimum atomic E-state index is -1.06. The summed E-state index contributed by atoms with van der Waals surface area (Å²) in [4.78, 5) is 11.7. The molecule has 5 heteroatoms. The molecule has 0 aliphatic heterocycles.